The lowest BCUT2D eigenvalue weighted by molar-refractivity contribution is 0.214. The van der Waals surface area contributed by atoms with Crippen LogP contribution in [-0.2, 0) is 6.54 Å². The fourth-order valence-corrected chi connectivity index (χ4v) is 3.22. The summed E-state index contributed by atoms with van der Waals surface area (Å²) in [7, 11) is 2.11. The predicted molar refractivity (Wildman–Crippen MR) is 76.4 cm³/mol. The van der Waals surface area contributed by atoms with Crippen molar-refractivity contribution in [1.29, 1.82) is 0 Å². The molecule has 18 heavy (non-hydrogen) atoms. The van der Waals surface area contributed by atoms with Crippen LogP contribution in [0.5, 0.6) is 0 Å². The molecule has 0 aliphatic rings. The zero-order valence-electron chi connectivity index (χ0n) is 10.8. The van der Waals surface area contributed by atoms with Crippen LogP contribution in [0.15, 0.2) is 42.0 Å². The fraction of sp³-hybridized carbons (Fsp3) is 0.357. The van der Waals surface area contributed by atoms with E-state index >= 15 is 0 Å². The molecular weight excluding hydrogens is 242 g/mol. The van der Waals surface area contributed by atoms with E-state index in [0.29, 0.717) is 0 Å². The molecule has 0 saturated carbocycles. The first-order valence-electron chi connectivity index (χ1n) is 6.06. The molecule has 2 aromatic heterocycles. The number of likely N-dealkylation sites (N-methyl/N-ethyl adjacent to an activating group) is 1. The van der Waals surface area contributed by atoms with E-state index < -0.39 is 0 Å². The predicted octanol–water partition coefficient (Wildman–Crippen LogP) is 2.66. The molecule has 0 aromatic carbocycles. The monoisotopic (exact) mass is 261 g/mol. The minimum absolute atomic E-state index is 0.102. The van der Waals surface area contributed by atoms with Crippen LogP contribution in [-0.4, -0.2) is 23.0 Å². The van der Waals surface area contributed by atoms with Crippen molar-refractivity contribution < 1.29 is 0 Å². The first-order valence-corrected chi connectivity index (χ1v) is 6.94. The van der Waals surface area contributed by atoms with Gasteiger partial charge in [0.05, 0.1) is 6.04 Å². The van der Waals surface area contributed by atoms with Gasteiger partial charge < -0.3 is 5.73 Å². The molecule has 0 fully saturated rings. The van der Waals surface area contributed by atoms with E-state index in [2.05, 4.69) is 47.4 Å². The van der Waals surface area contributed by atoms with Gasteiger partial charge in [0.1, 0.15) is 0 Å². The van der Waals surface area contributed by atoms with Gasteiger partial charge in [-0.3, -0.25) is 9.88 Å². The maximum absolute atomic E-state index is 6.13. The highest BCUT2D eigenvalue weighted by Gasteiger charge is 2.22. The van der Waals surface area contributed by atoms with Gasteiger partial charge in [0, 0.05) is 29.9 Å². The van der Waals surface area contributed by atoms with Crippen molar-refractivity contribution in [2.45, 2.75) is 25.6 Å². The summed E-state index contributed by atoms with van der Waals surface area (Å²) in [5, 5.41) is 2.10. The van der Waals surface area contributed by atoms with Gasteiger partial charge in [-0.05, 0) is 37.0 Å². The van der Waals surface area contributed by atoms with Gasteiger partial charge in [0.2, 0.25) is 0 Å². The first-order chi connectivity index (χ1) is 8.68. The van der Waals surface area contributed by atoms with Crippen molar-refractivity contribution in [3.8, 4) is 0 Å². The topological polar surface area (TPSA) is 42.1 Å². The standard InChI is InChI=1S/C14H19N3S/c1-11(15)14(13-6-4-8-18-13)17(2)10-12-5-3-7-16-9-12/h3-9,11,14H,10,15H2,1-2H3. The molecule has 2 heterocycles. The van der Waals surface area contributed by atoms with Crippen LogP contribution >= 0.6 is 11.3 Å². The summed E-state index contributed by atoms with van der Waals surface area (Å²) in [5.74, 6) is 0. The molecule has 2 rings (SSSR count). The fourth-order valence-electron chi connectivity index (χ4n) is 2.22. The number of nitrogens with zero attached hydrogens (tertiary/aromatic N) is 2. The Bertz CT molecular complexity index is 453. The number of rotatable bonds is 5. The third-order valence-electron chi connectivity index (χ3n) is 2.96. The molecule has 0 bridgehead atoms. The number of hydrogen-bond acceptors (Lipinski definition) is 4. The Morgan fingerprint density at radius 2 is 2.22 bits per heavy atom. The van der Waals surface area contributed by atoms with Crippen LogP contribution in [0.4, 0.5) is 0 Å². The molecule has 2 unspecified atom stereocenters. The Labute approximate surface area is 112 Å². The molecule has 0 amide bonds. The highest BCUT2D eigenvalue weighted by Crippen LogP contribution is 2.27. The smallest absolute Gasteiger partial charge is 0.0591 e. The van der Waals surface area contributed by atoms with Crippen LogP contribution in [0.3, 0.4) is 0 Å². The Kier molecular flexibility index (Phi) is 4.47. The molecule has 4 heteroatoms. The van der Waals surface area contributed by atoms with Crippen LogP contribution < -0.4 is 5.73 Å². The summed E-state index contributed by atoms with van der Waals surface area (Å²) in [6, 6.07) is 8.65. The van der Waals surface area contributed by atoms with E-state index in [1.165, 1.54) is 10.4 Å². The van der Waals surface area contributed by atoms with Gasteiger partial charge in [-0.1, -0.05) is 12.1 Å². The normalized spacial score (nSPS) is 14.7. The second-order valence-electron chi connectivity index (χ2n) is 4.60. The van der Waals surface area contributed by atoms with Crippen molar-refractivity contribution in [2.75, 3.05) is 7.05 Å². The summed E-state index contributed by atoms with van der Waals surface area (Å²) in [6.45, 7) is 2.92. The molecule has 96 valence electrons. The Morgan fingerprint density at radius 1 is 1.39 bits per heavy atom. The molecule has 2 aromatic rings. The maximum Gasteiger partial charge on any atom is 0.0591 e. The van der Waals surface area contributed by atoms with Crippen LogP contribution in [0.25, 0.3) is 0 Å². The maximum atomic E-state index is 6.13. The lowest BCUT2D eigenvalue weighted by Gasteiger charge is -2.30. The first kappa shape index (κ1) is 13.2. The molecule has 0 aliphatic heterocycles. The highest BCUT2D eigenvalue weighted by atomic mass is 32.1. The quantitative estimate of drug-likeness (QED) is 0.899. The molecule has 2 N–H and O–H groups in total. The van der Waals surface area contributed by atoms with Crippen molar-refractivity contribution >= 4 is 11.3 Å². The molecule has 0 aliphatic carbocycles. The van der Waals surface area contributed by atoms with Gasteiger partial charge >= 0.3 is 0 Å². The minimum Gasteiger partial charge on any atom is -0.326 e. The van der Waals surface area contributed by atoms with Gasteiger partial charge in [-0.2, -0.15) is 0 Å². The zero-order chi connectivity index (χ0) is 13.0. The minimum atomic E-state index is 0.102. The van der Waals surface area contributed by atoms with Gasteiger partial charge in [-0.15, -0.1) is 11.3 Å². The third-order valence-corrected chi connectivity index (χ3v) is 3.91. The molecule has 0 radical (unpaired) electrons. The second-order valence-corrected chi connectivity index (χ2v) is 5.58. The summed E-state index contributed by atoms with van der Waals surface area (Å²) in [4.78, 5) is 7.75. The average Bonchev–Trinajstić information content (AvgIpc) is 2.83. The molecule has 2 atom stereocenters. The van der Waals surface area contributed by atoms with Gasteiger partial charge in [0.25, 0.3) is 0 Å². The highest BCUT2D eigenvalue weighted by molar-refractivity contribution is 7.10. The molecular formula is C14H19N3S. The molecule has 0 saturated heterocycles. The van der Waals surface area contributed by atoms with Gasteiger partial charge in [-0.25, -0.2) is 0 Å². The van der Waals surface area contributed by atoms with E-state index in [4.69, 9.17) is 5.73 Å². The van der Waals surface area contributed by atoms with Crippen molar-refractivity contribution in [3.63, 3.8) is 0 Å². The Hall–Kier alpha value is -1.23. The average molecular weight is 261 g/mol. The number of pyridine rings is 1. The van der Waals surface area contributed by atoms with Crippen molar-refractivity contribution in [1.82, 2.24) is 9.88 Å². The molecule has 0 spiro atoms. The van der Waals surface area contributed by atoms with E-state index in [1.807, 2.05) is 12.3 Å². The van der Waals surface area contributed by atoms with Gasteiger partial charge in [0.15, 0.2) is 0 Å². The van der Waals surface area contributed by atoms with Crippen LogP contribution in [0.1, 0.15) is 23.4 Å². The van der Waals surface area contributed by atoms with E-state index in [1.54, 1.807) is 17.5 Å². The Balaban J connectivity index is 2.12. The number of nitrogens with two attached hydrogens (primary N) is 1. The van der Waals surface area contributed by atoms with E-state index in [0.717, 1.165) is 6.54 Å². The second kappa shape index (κ2) is 6.09. The van der Waals surface area contributed by atoms with Crippen LogP contribution in [0.2, 0.25) is 0 Å². The van der Waals surface area contributed by atoms with E-state index in [9.17, 15) is 0 Å². The number of thiophene rings is 1. The largest absolute Gasteiger partial charge is 0.326 e. The SMILES string of the molecule is CC(N)C(c1cccs1)N(C)Cc1cccnc1. The lowest BCUT2D eigenvalue weighted by Crippen LogP contribution is -2.36. The summed E-state index contributed by atoms with van der Waals surface area (Å²) in [6.07, 6.45) is 3.70. The lowest BCUT2D eigenvalue weighted by atomic mass is 10.1. The summed E-state index contributed by atoms with van der Waals surface area (Å²) >= 11 is 1.76. The number of aromatic nitrogens is 1. The Morgan fingerprint density at radius 3 is 2.78 bits per heavy atom. The molecule has 3 nitrogen and oxygen atoms in total. The third kappa shape index (κ3) is 3.16. The van der Waals surface area contributed by atoms with E-state index in [-0.39, 0.29) is 12.1 Å². The van der Waals surface area contributed by atoms with Crippen molar-refractivity contribution in [2.24, 2.45) is 5.73 Å². The number of hydrogen-bond donors (Lipinski definition) is 1. The van der Waals surface area contributed by atoms with Crippen molar-refractivity contribution in [3.05, 3.63) is 52.5 Å². The van der Waals surface area contributed by atoms with Crippen LogP contribution in [0, 0.1) is 0 Å². The summed E-state index contributed by atoms with van der Waals surface area (Å²) < 4.78 is 0. The summed E-state index contributed by atoms with van der Waals surface area (Å²) in [5.41, 5.74) is 7.34. The zero-order valence-corrected chi connectivity index (χ0v) is 11.6.